The maximum atomic E-state index is 11.7. The van der Waals surface area contributed by atoms with Gasteiger partial charge in [-0.25, -0.2) is 0 Å². The van der Waals surface area contributed by atoms with Gasteiger partial charge in [0, 0.05) is 12.3 Å². The van der Waals surface area contributed by atoms with Crippen LogP contribution in [-0.2, 0) is 47.4 Å². The van der Waals surface area contributed by atoms with E-state index in [9.17, 15) is 66.4 Å². The highest BCUT2D eigenvalue weighted by Gasteiger charge is 2.70. The van der Waals surface area contributed by atoms with Crippen LogP contribution in [-0.4, -0.2) is 239 Å². The van der Waals surface area contributed by atoms with Crippen LogP contribution in [0.3, 0.4) is 0 Å². The number of allylic oxidation sites excluding steroid dienone is 1. The first-order valence-electron chi connectivity index (χ1n) is 26.9. The van der Waals surface area contributed by atoms with Gasteiger partial charge >= 0.3 is 0 Å². The van der Waals surface area contributed by atoms with E-state index >= 15 is 0 Å². The Hall–Kier alpha value is -1.18. The molecular weight excluding hydrogens is 981 g/mol. The van der Waals surface area contributed by atoms with E-state index in [-0.39, 0.29) is 35.4 Å². The Kier molecular flexibility index (Phi) is 16.0. The Morgan fingerprint density at radius 2 is 1.20 bits per heavy atom. The summed E-state index contributed by atoms with van der Waals surface area (Å²) in [5, 5.41) is 137. The van der Waals surface area contributed by atoms with Gasteiger partial charge in [0.25, 0.3) is 0 Å². The predicted molar refractivity (Wildman–Crippen MR) is 248 cm³/mol. The highest BCUT2D eigenvalue weighted by molar-refractivity contribution is 5.27. The lowest BCUT2D eigenvalue weighted by molar-refractivity contribution is -0.375. The molecule has 1 spiro atoms. The molecule has 0 aromatic carbocycles. The zero-order chi connectivity index (χ0) is 53.1. The third-order valence-electron chi connectivity index (χ3n) is 19.9. The third-order valence-corrected chi connectivity index (χ3v) is 19.9. The fourth-order valence-corrected chi connectivity index (χ4v) is 15.5. The van der Waals surface area contributed by atoms with Crippen LogP contribution in [0.4, 0.5) is 0 Å². The van der Waals surface area contributed by atoms with Crippen molar-refractivity contribution in [3.63, 3.8) is 0 Å². The average molecular weight is 1060 g/mol. The quantitative estimate of drug-likeness (QED) is 0.0875. The maximum Gasteiger partial charge on any atom is 0.187 e. The summed E-state index contributed by atoms with van der Waals surface area (Å²) in [6.07, 6.45) is -20.9. The first-order valence-corrected chi connectivity index (χ1v) is 26.9. The van der Waals surface area contributed by atoms with Crippen molar-refractivity contribution in [3.8, 4) is 0 Å². The molecule has 0 amide bonds. The summed E-state index contributed by atoms with van der Waals surface area (Å²) < 4.78 is 61.6. The molecule has 0 radical (unpaired) electrons. The van der Waals surface area contributed by atoms with Crippen LogP contribution in [0.25, 0.3) is 0 Å². The molecule has 6 saturated heterocycles. The number of hydrogen-bond acceptors (Lipinski definition) is 23. The molecule has 424 valence electrons. The molecule has 10 aliphatic rings. The van der Waals surface area contributed by atoms with Crippen molar-refractivity contribution in [2.24, 2.45) is 40.4 Å². The van der Waals surface area contributed by atoms with Crippen molar-refractivity contribution >= 4 is 0 Å². The van der Waals surface area contributed by atoms with Crippen molar-refractivity contribution in [2.75, 3.05) is 26.4 Å². The van der Waals surface area contributed by atoms with Crippen LogP contribution < -0.4 is 0 Å². The highest BCUT2D eigenvalue weighted by Crippen LogP contribution is 2.71. The Labute approximate surface area is 430 Å². The molecule has 10 rings (SSSR count). The van der Waals surface area contributed by atoms with Gasteiger partial charge in [-0.1, -0.05) is 32.4 Å². The molecule has 23 heteroatoms. The number of aliphatic hydroxyl groups is 13. The van der Waals surface area contributed by atoms with Crippen molar-refractivity contribution in [2.45, 2.75) is 239 Å². The lowest BCUT2D eigenvalue weighted by atomic mass is 9.47. The van der Waals surface area contributed by atoms with Crippen LogP contribution in [0.2, 0.25) is 0 Å². The van der Waals surface area contributed by atoms with Crippen LogP contribution in [0.15, 0.2) is 11.6 Å². The third kappa shape index (κ3) is 9.48. The molecule has 0 unspecified atom stereocenters. The van der Waals surface area contributed by atoms with E-state index in [4.69, 9.17) is 47.4 Å². The van der Waals surface area contributed by atoms with Crippen molar-refractivity contribution < 1.29 is 114 Å². The molecule has 0 aromatic heterocycles. The topological polar surface area (TPSA) is 355 Å². The smallest absolute Gasteiger partial charge is 0.187 e. The van der Waals surface area contributed by atoms with Crippen LogP contribution in [0, 0.1) is 40.4 Å². The van der Waals surface area contributed by atoms with E-state index in [1.807, 2.05) is 6.92 Å². The first kappa shape index (κ1) is 56.1. The standard InChI is InChI=1S/C51H82O23/c1-20-31-27(73-51(20)13-12-48(3,74-51)19-66-45-41(63)38(60)34(56)29(17-53)70-45)15-26-24-7-6-22-14-23(8-10-49(22,4)25(24)9-11-50(26,31)5)68-47-43(72-46-42(64)36(58)32(54)21(2)67-46)39(61)35(57)30(71-47)18-65-44-40(62)37(59)33(55)28(16-52)69-44/h6,20-21,23-47,52-64H,7-19H2,1-5H3/t20-,21-,23-,24+,25-,26-,27-,28+,29+,30+,31-,32-,33+,34+,35+,36+,37-,38-,39-,40+,41+,42+,43+,44+,45+,46-,47+,48-,49-,50-,51-/m0/s1. The van der Waals surface area contributed by atoms with Gasteiger partial charge in [-0.15, -0.1) is 0 Å². The van der Waals surface area contributed by atoms with Gasteiger partial charge in [0.15, 0.2) is 30.9 Å². The average Bonchev–Trinajstić information content (AvgIpc) is 4.02. The number of rotatable bonds is 12. The Morgan fingerprint density at radius 3 is 1.86 bits per heavy atom. The second-order valence-corrected chi connectivity index (χ2v) is 24.2. The van der Waals surface area contributed by atoms with Gasteiger partial charge in [-0.05, 0) is 99.7 Å². The molecule has 9 fully saturated rings. The van der Waals surface area contributed by atoms with E-state index in [1.165, 1.54) is 12.5 Å². The summed E-state index contributed by atoms with van der Waals surface area (Å²) in [5.41, 5.74) is 0.338. The minimum atomic E-state index is -1.75. The molecule has 31 atom stereocenters. The summed E-state index contributed by atoms with van der Waals surface area (Å²) in [6.45, 7) is 8.75. The van der Waals surface area contributed by atoms with Gasteiger partial charge in [0.05, 0.1) is 50.3 Å². The van der Waals surface area contributed by atoms with Crippen molar-refractivity contribution in [3.05, 3.63) is 11.6 Å². The van der Waals surface area contributed by atoms with E-state index in [2.05, 4.69) is 26.8 Å². The zero-order valence-electron chi connectivity index (χ0n) is 42.8. The number of ether oxygens (including phenoxy) is 10. The van der Waals surface area contributed by atoms with Gasteiger partial charge in [0.2, 0.25) is 0 Å². The molecule has 6 aliphatic heterocycles. The minimum absolute atomic E-state index is 0.00240. The monoisotopic (exact) mass is 1060 g/mol. The molecule has 6 heterocycles. The fourth-order valence-electron chi connectivity index (χ4n) is 15.5. The fraction of sp³-hybridized carbons (Fsp3) is 0.961. The summed E-state index contributed by atoms with van der Waals surface area (Å²) in [7, 11) is 0. The number of fused-ring (bicyclic) bond motifs is 7. The predicted octanol–water partition coefficient (Wildman–Crippen LogP) is -2.85. The largest absolute Gasteiger partial charge is 0.394 e. The van der Waals surface area contributed by atoms with E-state index in [1.54, 1.807) is 0 Å². The lowest BCUT2D eigenvalue weighted by Gasteiger charge is -2.58. The van der Waals surface area contributed by atoms with Gasteiger partial charge in [-0.2, -0.15) is 0 Å². The van der Waals surface area contributed by atoms with Crippen molar-refractivity contribution in [1.82, 2.24) is 0 Å². The summed E-state index contributed by atoms with van der Waals surface area (Å²) >= 11 is 0. The second-order valence-electron chi connectivity index (χ2n) is 24.2. The normalized spacial score (nSPS) is 57.4. The van der Waals surface area contributed by atoms with Gasteiger partial charge in [-0.3, -0.25) is 0 Å². The minimum Gasteiger partial charge on any atom is -0.394 e. The SMILES string of the molecule is C[C@@H]1O[C@@H](O[C@H]2[C@H](O[C@H]3CC[C@@]4(C)C(=CC[C@H]5[C@@H]6C[C@@H]7O[C@]8(CC[C@@](C)(CO[C@@H]9O[C@H](CO)[C@@H](O)[C@H](O)[C@H]9O)O8)[C@@H](C)[C@@H]7[C@@]6(C)CC[C@@H]54)C3)O[C@H](CO[C@@H]3O[C@H](CO)[C@@H](O)[C@H](O)[C@H]3O)[C@@H](O)[C@@H]2O)[C@H](O)[C@H](O)[C@H]1O. The zero-order valence-corrected chi connectivity index (χ0v) is 42.8. The molecule has 0 aromatic rings. The molecule has 74 heavy (non-hydrogen) atoms. The first-order chi connectivity index (χ1) is 35.0. The highest BCUT2D eigenvalue weighted by atomic mass is 16.8. The molecule has 4 aliphatic carbocycles. The molecule has 0 bridgehead atoms. The van der Waals surface area contributed by atoms with E-state index in [0.717, 1.165) is 32.1 Å². The van der Waals surface area contributed by atoms with Crippen LogP contribution in [0.1, 0.15) is 92.4 Å². The summed E-state index contributed by atoms with van der Waals surface area (Å²) in [4.78, 5) is 0. The van der Waals surface area contributed by atoms with Crippen LogP contribution in [0.5, 0.6) is 0 Å². The Bertz CT molecular complexity index is 1980. The van der Waals surface area contributed by atoms with E-state index in [0.29, 0.717) is 43.4 Å². The molecule has 3 saturated carbocycles. The Morgan fingerprint density at radius 1 is 0.595 bits per heavy atom. The number of hydrogen-bond donors (Lipinski definition) is 13. The second kappa shape index (κ2) is 21.0. The molecular formula is C51H82O23. The maximum absolute atomic E-state index is 11.7. The summed E-state index contributed by atoms with van der Waals surface area (Å²) in [6, 6.07) is 0. The number of aliphatic hydroxyl groups excluding tert-OH is 13. The van der Waals surface area contributed by atoms with Gasteiger partial charge < -0.3 is 114 Å². The van der Waals surface area contributed by atoms with E-state index < -0.39 is 160 Å². The lowest BCUT2D eigenvalue weighted by Crippen LogP contribution is -2.65. The van der Waals surface area contributed by atoms with Crippen molar-refractivity contribution in [1.29, 1.82) is 0 Å². The van der Waals surface area contributed by atoms with Gasteiger partial charge in [0.1, 0.15) is 91.6 Å². The van der Waals surface area contributed by atoms with Crippen LogP contribution >= 0.6 is 0 Å². The summed E-state index contributed by atoms with van der Waals surface area (Å²) in [5.74, 6) is 0.731. The molecule has 13 N–H and O–H groups in total. The molecule has 23 nitrogen and oxygen atoms in total. The Balaban J connectivity index is 0.804.